The fraction of sp³-hybridized carbons (Fsp3) is 0.381. The molecular weight excluding hydrogens is 317 g/mol. The van der Waals surface area contributed by atoms with E-state index < -0.39 is 23.9 Å². The molecule has 1 aliphatic carbocycles. The van der Waals surface area contributed by atoms with Gasteiger partial charge in [-0.25, -0.2) is 9.18 Å². The fourth-order valence-corrected chi connectivity index (χ4v) is 2.97. The summed E-state index contributed by atoms with van der Waals surface area (Å²) in [4.78, 5) is 14.5. The zero-order chi connectivity index (χ0) is 18.0. The third-order valence-electron chi connectivity index (χ3n) is 4.15. The number of carbonyl (C=O) groups is 1. The lowest BCUT2D eigenvalue weighted by Crippen LogP contribution is -2.42. The molecule has 1 saturated carbocycles. The van der Waals surface area contributed by atoms with Gasteiger partial charge in [0.25, 0.3) is 0 Å². The van der Waals surface area contributed by atoms with E-state index in [1.54, 1.807) is 4.90 Å². The van der Waals surface area contributed by atoms with E-state index in [0.29, 0.717) is 6.42 Å². The van der Waals surface area contributed by atoms with Crippen molar-refractivity contribution in [2.45, 2.75) is 51.0 Å². The van der Waals surface area contributed by atoms with Gasteiger partial charge >= 0.3 is 6.09 Å². The highest BCUT2D eigenvalue weighted by Gasteiger charge is 2.49. The molecule has 0 heterocycles. The Morgan fingerprint density at radius 1 is 1.04 bits per heavy atom. The first-order valence-electron chi connectivity index (χ1n) is 8.62. The lowest BCUT2D eigenvalue weighted by molar-refractivity contribution is 0.0154. The molecule has 0 radical (unpaired) electrons. The Morgan fingerprint density at radius 3 is 1.84 bits per heavy atom. The van der Waals surface area contributed by atoms with Crippen molar-refractivity contribution in [1.82, 2.24) is 4.90 Å². The van der Waals surface area contributed by atoms with Crippen LogP contribution in [0.25, 0.3) is 0 Å². The standard InChI is InChI=1S/C21H24FNO2/c1-21(2,3)25-20(24)23(18-14-17(18)22)19(15-10-6-4-7-11-15)16-12-8-5-9-13-16/h4-13,17-19H,14H2,1-3H3/t17-,18-/m1/s1. The van der Waals surface area contributed by atoms with Crippen LogP contribution in [0.4, 0.5) is 9.18 Å². The van der Waals surface area contributed by atoms with Gasteiger partial charge < -0.3 is 4.74 Å². The number of halogens is 1. The SMILES string of the molecule is CC(C)(C)OC(=O)N(C(c1ccccc1)c1ccccc1)[C@@H]1C[C@H]1F. The summed E-state index contributed by atoms with van der Waals surface area (Å²) in [6, 6.07) is 18.6. The predicted octanol–water partition coefficient (Wildman–Crippen LogP) is 5.12. The molecule has 2 aromatic rings. The van der Waals surface area contributed by atoms with E-state index in [0.717, 1.165) is 11.1 Å². The molecule has 2 atom stereocenters. The average Bonchev–Trinajstić information content (AvgIpc) is 3.28. The molecule has 132 valence electrons. The molecule has 0 spiro atoms. The molecular formula is C21H24FNO2. The summed E-state index contributed by atoms with van der Waals surface area (Å²) in [5.41, 5.74) is 1.26. The zero-order valence-corrected chi connectivity index (χ0v) is 14.9. The van der Waals surface area contributed by atoms with Crippen molar-refractivity contribution in [3.8, 4) is 0 Å². The molecule has 1 aliphatic rings. The molecule has 2 aromatic carbocycles. The van der Waals surface area contributed by atoms with Crippen molar-refractivity contribution < 1.29 is 13.9 Å². The molecule has 0 aromatic heterocycles. The van der Waals surface area contributed by atoms with Gasteiger partial charge in [0.2, 0.25) is 0 Å². The predicted molar refractivity (Wildman–Crippen MR) is 96.1 cm³/mol. The monoisotopic (exact) mass is 341 g/mol. The first kappa shape index (κ1) is 17.5. The number of benzene rings is 2. The minimum absolute atomic E-state index is 0.357. The number of hydrogen-bond donors (Lipinski definition) is 0. The zero-order valence-electron chi connectivity index (χ0n) is 14.9. The highest BCUT2D eigenvalue weighted by Crippen LogP contribution is 2.41. The van der Waals surface area contributed by atoms with Gasteiger partial charge in [-0.2, -0.15) is 0 Å². The highest BCUT2D eigenvalue weighted by molar-refractivity contribution is 5.71. The second kappa shape index (κ2) is 6.87. The third-order valence-corrected chi connectivity index (χ3v) is 4.15. The summed E-state index contributed by atoms with van der Waals surface area (Å²) >= 11 is 0. The Kier molecular flexibility index (Phi) is 4.80. The van der Waals surface area contributed by atoms with Gasteiger partial charge in [0, 0.05) is 6.42 Å². The van der Waals surface area contributed by atoms with Crippen LogP contribution in [0, 0.1) is 0 Å². The molecule has 25 heavy (non-hydrogen) atoms. The minimum atomic E-state index is -0.998. The van der Waals surface area contributed by atoms with Crippen molar-refractivity contribution in [3.63, 3.8) is 0 Å². The number of ether oxygens (including phenoxy) is 1. The number of amides is 1. The smallest absolute Gasteiger partial charge is 0.411 e. The first-order chi connectivity index (χ1) is 11.9. The Hall–Kier alpha value is -2.36. The van der Waals surface area contributed by atoms with Gasteiger partial charge in [0.1, 0.15) is 11.8 Å². The quantitative estimate of drug-likeness (QED) is 0.772. The highest BCUT2D eigenvalue weighted by atomic mass is 19.1. The van der Waals surface area contributed by atoms with Crippen LogP contribution >= 0.6 is 0 Å². The van der Waals surface area contributed by atoms with E-state index in [2.05, 4.69) is 0 Å². The summed E-state index contributed by atoms with van der Waals surface area (Å²) < 4.78 is 19.6. The van der Waals surface area contributed by atoms with Crippen LogP contribution in [0.1, 0.15) is 44.4 Å². The molecule has 3 nitrogen and oxygen atoms in total. The number of hydrogen-bond acceptors (Lipinski definition) is 2. The Balaban J connectivity index is 2.03. The van der Waals surface area contributed by atoms with E-state index in [1.165, 1.54) is 0 Å². The summed E-state index contributed by atoms with van der Waals surface area (Å²) in [7, 11) is 0. The summed E-state index contributed by atoms with van der Waals surface area (Å²) in [6.45, 7) is 5.47. The van der Waals surface area contributed by atoms with Crippen molar-refractivity contribution in [2.75, 3.05) is 0 Å². The van der Waals surface area contributed by atoms with Crippen LogP contribution in [0.15, 0.2) is 60.7 Å². The van der Waals surface area contributed by atoms with Gasteiger partial charge in [0.05, 0.1) is 12.1 Å². The topological polar surface area (TPSA) is 29.5 Å². The maximum Gasteiger partial charge on any atom is 0.411 e. The maximum absolute atomic E-state index is 14.0. The number of alkyl halides is 1. The number of nitrogens with zero attached hydrogens (tertiary/aromatic N) is 1. The van der Waals surface area contributed by atoms with Gasteiger partial charge in [-0.05, 0) is 31.9 Å². The third kappa shape index (κ3) is 4.19. The van der Waals surface area contributed by atoms with Crippen molar-refractivity contribution >= 4 is 6.09 Å². The lowest BCUT2D eigenvalue weighted by atomic mass is 9.97. The Morgan fingerprint density at radius 2 is 1.48 bits per heavy atom. The Bertz CT molecular complexity index is 672. The van der Waals surface area contributed by atoms with Gasteiger partial charge in [0.15, 0.2) is 0 Å². The van der Waals surface area contributed by atoms with Crippen molar-refractivity contribution in [1.29, 1.82) is 0 Å². The summed E-state index contributed by atoms with van der Waals surface area (Å²) in [6.07, 6.45) is -1.12. The fourth-order valence-electron chi connectivity index (χ4n) is 2.97. The molecule has 0 bridgehead atoms. The average molecular weight is 341 g/mol. The van der Waals surface area contributed by atoms with Crippen molar-refractivity contribution in [3.05, 3.63) is 71.8 Å². The van der Waals surface area contributed by atoms with Crippen LogP contribution in [0.2, 0.25) is 0 Å². The molecule has 0 N–H and O–H groups in total. The molecule has 1 amide bonds. The van der Waals surface area contributed by atoms with Crippen LogP contribution in [0.5, 0.6) is 0 Å². The maximum atomic E-state index is 14.0. The molecule has 0 aliphatic heterocycles. The van der Waals surface area contributed by atoms with E-state index >= 15 is 0 Å². The van der Waals surface area contributed by atoms with Crippen LogP contribution in [-0.2, 0) is 4.74 Å². The largest absolute Gasteiger partial charge is 0.444 e. The molecule has 3 rings (SSSR count). The minimum Gasteiger partial charge on any atom is -0.444 e. The Labute approximate surface area is 148 Å². The first-order valence-corrected chi connectivity index (χ1v) is 8.62. The van der Waals surface area contributed by atoms with Crippen molar-refractivity contribution in [2.24, 2.45) is 0 Å². The molecule has 0 saturated heterocycles. The van der Waals surface area contributed by atoms with E-state index in [1.807, 2.05) is 81.4 Å². The number of rotatable bonds is 4. The van der Waals surface area contributed by atoms with E-state index in [-0.39, 0.29) is 6.04 Å². The van der Waals surface area contributed by atoms with Gasteiger partial charge in [-0.1, -0.05) is 60.7 Å². The van der Waals surface area contributed by atoms with Gasteiger partial charge in [-0.3, -0.25) is 4.90 Å². The summed E-state index contributed by atoms with van der Waals surface area (Å²) in [5.74, 6) is 0. The van der Waals surface area contributed by atoms with Crippen LogP contribution in [-0.4, -0.2) is 28.8 Å². The van der Waals surface area contributed by atoms with E-state index in [4.69, 9.17) is 4.74 Å². The second-order valence-corrected chi connectivity index (χ2v) is 7.43. The van der Waals surface area contributed by atoms with E-state index in [9.17, 15) is 9.18 Å². The second-order valence-electron chi connectivity index (χ2n) is 7.43. The van der Waals surface area contributed by atoms with Gasteiger partial charge in [-0.15, -0.1) is 0 Å². The molecule has 0 unspecified atom stereocenters. The molecule has 4 heteroatoms. The normalized spacial score (nSPS) is 19.6. The van der Waals surface area contributed by atoms with Crippen LogP contribution < -0.4 is 0 Å². The van der Waals surface area contributed by atoms with Crippen LogP contribution in [0.3, 0.4) is 0 Å². The number of carbonyl (C=O) groups excluding carboxylic acids is 1. The molecule has 1 fully saturated rings. The lowest BCUT2D eigenvalue weighted by Gasteiger charge is -2.34. The summed E-state index contributed by atoms with van der Waals surface area (Å²) in [5, 5.41) is 0.